The van der Waals surface area contributed by atoms with E-state index in [0.29, 0.717) is 0 Å². The highest BCUT2D eigenvalue weighted by atomic mass is 127. The van der Waals surface area contributed by atoms with Gasteiger partial charge in [-0.3, -0.25) is 4.99 Å². The number of halogens is 2. The van der Waals surface area contributed by atoms with Gasteiger partial charge in [-0.25, -0.2) is 0 Å². The Kier molecular flexibility index (Phi) is 8.44. The van der Waals surface area contributed by atoms with Gasteiger partial charge in [0, 0.05) is 37.4 Å². The van der Waals surface area contributed by atoms with Gasteiger partial charge in [0.05, 0.1) is 6.04 Å². The first-order valence-electron chi connectivity index (χ1n) is 8.87. The average Bonchev–Trinajstić information content (AvgIpc) is 3.20. The van der Waals surface area contributed by atoms with Gasteiger partial charge in [-0.15, -0.1) is 24.0 Å². The molecule has 6 heteroatoms. The lowest BCUT2D eigenvalue weighted by molar-refractivity contribution is 0.685. The Morgan fingerprint density at radius 2 is 1.70 bits per heavy atom. The van der Waals surface area contributed by atoms with Crippen LogP contribution in [0, 0.1) is 0 Å². The molecule has 0 saturated heterocycles. The fraction of sp³-hybridized carbons (Fsp3) is 0.286. The van der Waals surface area contributed by atoms with Gasteiger partial charge in [0.1, 0.15) is 0 Å². The fourth-order valence-electron chi connectivity index (χ4n) is 2.93. The van der Waals surface area contributed by atoms with Crippen LogP contribution >= 0.6 is 35.6 Å². The second kappa shape index (κ2) is 10.6. The Hall–Kier alpha value is -1.73. The maximum absolute atomic E-state index is 5.96. The molecular weight excluding hydrogens is 471 g/mol. The van der Waals surface area contributed by atoms with Crippen LogP contribution in [0.15, 0.2) is 65.7 Å². The SMILES string of the molecule is CN=C(NCc1ccc(N2CC=CC2)cc1)NC(C)c1ccc(Cl)cc1.I. The fourth-order valence-corrected chi connectivity index (χ4v) is 3.06. The molecule has 1 aliphatic rings. The molecule has 0 bridgehead atoms. The molecule has 0 spiro atoms. The number of rotatable bonds is 5. The van der Waals surface area contributed by atoms with Gasteiger partial charge in [0.2, 0.25) is 0 Å². The van der Waals surface area contributed by atoms with Gasteiger partial charge in [-0.05, 0) is 42.3 Å². The number of nitrogens with zero attached hydrogens (tertiary/aromatic N) is 2. The molecule has 0 aromatic heterocycles. The third kappa shape index (κ3) is 6.14. The first kappa shape index (κ1) is 21.6. The zero-order valence-corrected chi connectivity index (χ0v) is 18.7. The summed E-state index contributed by atoms with van der Waals surface area (Å²) in [7, 11) is 1.79. The lowest BCUT2D eigenvalue weighted by atomic mass is 10.1. The van der Waals surface area contributed by atoms with Crippen molar-refractivity contribution in [1.29, 1.82) is 0 Å². The van der Waals surface area contributed by atoms with Crippen LogP contribution in [0.5, 0.6) is 0 Å². The van der Waals surface area contributed by atoms with Crippen molar-refractivity contribution >= 4 is 47.2 Å². The Balaban J connectivity index is 0.00000261. The Bertz CT molecular complexity index is 764. The number of hydrogen-bond donors (Lipinski definition) is 2. The smallest absolute Gasteiger partial charge is 0.191 e. The van der Waals surface area contributed by atoms with Crippen LogP contribution < -0.4 is 15.5 Å². The van der Waals surface area contributed by atoms with Crippen molar-refractivity contribution in [2.45, 2.75) is 19.5 Å². The zero-order valence-electron chi connectivity index (χ0n) is 15.7. The summed E-state index contributed by atoms with van der Waals surface area (Å²) >= 11 is 5.96. The van der Waals surface area contributed by atoms with Crippen LogP contribution in [0.4, 0.5) is 5.69 Å². The van der Waals surface area contributed by atoms with E-state index < -0.39 is 0 Å². The summed E-state index contributed by atoms with van der Waals surface area (Å²) < 4.78 is 0. The highest BCUT2D eigenvalue weighted by Gasteiger charge is 2.09. The molecule has 4 nitrogen and oxygen atoms in total. The van der Waals surface area contributed by atoms with Crippen molar-refractivity contribution in [3.8, 4) is 0 Å². The summed E-state index contributed by atoms with van der Waals surface area (Å²) in [6, 6.07) is 16.7. The molecule has 0 fully saturated rings. The largest absolute Gasteiger partial charge is 0.364 e. The molecule has 2 aromatic carbocycles. The summed E-state index contributed by atoms with van der Waals surface area (Å²) in [5, 5.41) is 7.53. The minimum absolute atomic E-state index is 0. The normalized spacial score (nSPS) is 14.6. The van der Waals surface area contributed by atoms with E-state index in [0.717, 1.165) is 30.6 Å². The third-order valence-electron chi connectivity index (χ3n) is 4.53. The Morgan fingerprint density at radius 1 is 1.07 bits per heavy atom. The van der Waals surface area contributed by atoms with Crippen molar-refractivity contribution in [3.05, 3.63) is 76.8 Å². The van der Waals surface area contributed by atoms with Crippen LogP contribution in [-0.2, 0) is 6.54 Å². The van der Waals surface area contributed by atoms with E-state index in [9.17, 15) is 0 Å². The molecule has 2 N–H and O–H groups in total. The molecule has 27 heavy (non-hydrogen) atoms. The maximum Gasteiger partial charge on any atom is 0.191 e. The zero-order chi connectivity index (χ0) is 18.4. The van der Waals surface area contributed by atoms with Crippen LogP contribution in [0.1, 0.15) is 24.1 Å². The summed E-state index contributed by atoms with van der Waals surface area (Å²) in [4.78, 5) is 6.66. The predicted octanol–water partition coefficient (Wildman–Crippen LogP) is 4.76. The molecule has 1 aliphatic heterocycles. The van der Waals surface area contributed by atoms with E-state index in [1.165, 1.54) is 16.8 Å². The van der Waals surface area contributed by atoms with E-state index >= 15 is 0 Å². The van der Waals surface area contributed by atoms with Crippen LogP contribution in [0.3, 0.4) is 0 Å². The molecule has 0 aliphatic carbocycles. The Labute approximate surface area is 183 Å². The molecule has 0 amide bonds. The number of aliphatic imine (C=N–C) groups is 1. The standard InChI is InChI=1S/C21H25ClN4.HI/c1-16(18-7-9-19(22)10-8-18)25-21(23-2)24-15-17-5-11-20(12-6-17)26-13-3-4-14-26;/h3-12,16H,13-15H2,1-2H3,(H2,23,24,25);1H. The number of anilines is 1. The lowest BCUT2D eigenvalue weighted by Crippen LogP contribution is -2.38. The van der Waals surface area contributed by atoms with Crippen molar-refractivity contribution < 1.29 is 0 Å². The van der Waals surface area contributed by atoms with Crippen LogP contribution in [-0.4, -0.2) is 26.1 Å². The lowest BCUT2D eigenvalue weighted by Gasteiger charge is -2.19. The molecule has 1 heterocycles. The maximum atomic E-state index is 5.96. The second-order valence-corrected chi connectivity index (χ2v) is 6.82. The van der Waals surface area contributed by atoms with E-state index in [2.05, 4.69) is 63.9 Å². The molecule has 2 aromatic rings. The van der Waals surface area contributed by atoms with Gasteiger partial charge in [-0.2, -0.15) is 0 Å². The molecule has 1 atom stereocenters. The molecule has 0 radical (unpaired) electrons. The van der Waals surface area contributed by atoms with Crippen LogP contribution in [0.2, 0.25) is 5.02 Å². The van der Waals surface area contributed by atoms with E-state index in [-0.39, 0.29) is 30.0 Å². The summed E-state index contributed by atoms with van der Waals surface area (Å²) in [6.07, 6.45) is 4.40. The van der Waals surface area contributed by atoms with Crippen molar-refractivity contribution in [2.75, 3.05) is 25.0 Å². The minimum atomic E-state index is 0. The number of guanidine groups is 1. The summed E-state index contributed by atoms with van der Waals surface area (Å²) in [6.45, 7) is 4.83. The van der Waals surface area contributed by atoms with Gasteiger partial charge < -0.3 is 15.5 Å². The molecule has 1 unspecified atom stereocenters. The number of hydrogen-bond acceptors (Lipinski definition) is 2. The van der Waals surface area contributed by atoms with E-state index in [4.69, 9.17) is 11.6 Å². The summed E-state index contributed by atoms with van der Waals surface area (Å²) in [5.74, 6) is 0.778. The average molecular weight is 497 g/mol. The van der Waals surface area contributed by atoms with Crippen molar-refractivity contribution in [1.82, 2.24) is 10.6 Å². The minimum Gasteiger partial charge on any atom is -0.364 e. The third-order valence-corrected chi connectivity index (χ3v) is 4.78. The highest BCUT2D eigenvalue weighted by Crippen LogP contribution is 2.18. The number of nitrogens with one attached hydrogen (secondary N) is 2. The topological polar surface area (TPSA) is 39.7 Å². The summed E-state index contributed by atoms with van der Waals surface area (Å²) in [5.41, 5.74) is 3.65. The first-order chi connectivity index (χ1) is 12.7. The van der Waals surface area contributed by atoms with Gasteiger partial charge in [0.15, 0.2) is 5.96 Å². The molecule has 3 rings (SSSR count). The van der Waals surface area contributed by atoms with Gasteiger partial charge in [-0.1, -0.05) is 48.0 Å². The molecular formula is C21H26ClIN4. The molecule has 0 saturated carbocycles. The predicted molar refractivity (Wildman–Crippen MR) is 126 cm³/mol. The number of benzene rings is 2. The van der Waals surface area contributed by atoms with Gasteiger partial charge >= 0.3 is 0 Å². The quantitative estimate of drug-likeness (QED) is 0.271. The second-order valence-electron chi connectivity index (χ2n) is 6.39. The van der Waals surface area contributed by atoms with E-state index in [1.54, 1.807) is 7.05 Å². The molecule has 144 valence electrons. The van der Waals surface area contributed by atoms with Crippen molar-refractivity contribution in [2.24, 2.45) is 4.99 Å². The van der Waals surface area contributed by atoms with Gasteiger partial charge in [0.25, 0.3) is 0 Å². The Morgan fingerprint density at radius 3 is 2.30 bits per heavy atom. The highest BCUT2D eigenvalue weighted by molar-refractivity contribution is 14.0. The van der Waals surface area contributed by atoms with E-state index in [1.807, 2.05) is 24.3 Å². The first-order valence-corrected chi connectivity index (χ1v) is 9.25. The van der Waals surface area contributed by atoms with Crippen LogP contribution in [0.25, 0.3) is 0 Å². The van der Waals surface area contributed by atoms with Crippen molar-refractivity contribution in [3.63, 3.8) is 0 Å². The monoisotopic (exact) mass is 496 g/mol.